The molecule has 0 aliphatic heterocycles. The molecule has 0 saturated heterocycles. The zero-order chi connectivity index (χ0) is 10.1. The molecule has 0 unspecified atom stereocenters. The Hall–Kier alpha value is -1.46. The molecule has 70 valence electrons. The van der Waals surface area contributed by atoms with Gasteiger partial charge in [-0.05, 0) is 6.92 Å². The van der Waals surface area contributed by atoms with Crippen LogP contribution in [-0.2, 0) is 6.18 Å². The van der Waals surface area contributed by atoms with E-state index < -0.39 is 12.0 Å². The highest BCUT2D eigenvalue weighted by molar-refractivity contribution is 5.93. The van der Waals surface area contributed by atoms with Crippen LogP contribution in [0.5, 0.6) is 0 Å². The summed E-state index contributed by atoms with van der Waals surface area (Å²) in [5.41, 5.74) is 0.0630. The number of nitrogens with zero attached hydrogens (tertiary/aromatic N) is 2. The van der Waals surface area contributed by atoms with Gasteiger partial charge in [0, 0.05) is 12.4 Å². The second-order valence-electron chi connectivity index (χ2n) is 2.35. The third-order valence-electron chi connectivity index (χ3n) is 1.31. The quantitative estimate of drug-likeness (QED) is 0.633. The minimum absolute atomic E-state index is 0.0630. The summed E-state index contributed by atoms with van der Waals surface area (Å²) in [6.07, 6.45) is -2.84. The maximum atomic E-state index is 11.9. The first-order valence-electron chi connectivity index (χ1n) is 3.31. The Kier molecular flexibility index (Phi) is 2.31. The fourth-order valence-corrected chi connectivity index (χ4v) is 0.656. The molecule has 1 aromatic rings. The number of ketones is 1. The van der Waals surface area contributed by atoms with Gasteiger partial charge in [-0.1, -0.05) is 0 Å². The molecule has 13 heavy (non-hydrogen) atoms. The Balaban J connectivity index is 3.01. The average molecular weight is 190 g/mol. The first-order chi connectivity index (χ1) is 5.91. The second kappa shape index (κ2) is 3.12. The maximum Gasteiger partial charge on any atom is 0.451 e. The number of Topliss-reactive ketones (excluding diaryl/α,β-unsaturated/α-hetero) is 1. The van der Waals surface area contributed by atoms with E-state index in [1.54, 1.807) is 0 Å². The van der Waals surface area contributed by atoms with Gasteiger partial charge < -0.3 is 0 Å². The summed E-state index contributed by atoms with van der Waals surface area (Å²) in [6.45, 7) is 1.23. The highest BCUT2D eigenvalue weighted by Gasteiger charge is 2.34. The van der Waals surface area contributed by atoms with Crippen LogP contribution in [0.15, 0.2) is 12.4 Å². The van der Waals surface area contributed by atoms with Crippen molar-refractivity contribution in [3.63, 3.8) is 0 Å². The van der Waals surface area contributed by atoms with Crippen molar-refractivity contribution in [2.75, 3.05) is 0 Å². The Morgan fingerprint density at radius 1 is 1.31 bits per heavy atom. The fourth-order valence-electron chi connectivity index (χ4n) is 0.656. The number of alkyl halides is 3. The molecule has 0 saturated carbocycles. The van der Waals surface area contributed by atoms with E-state index in [2.05, 4.69) is 9.97 Å². The molecule has 1 rings (SSSR count). The monoisotopic (exact) mass is 190 g/mol. The minimum atomic E-state index is -4.56. The Bertz CT molecular complexity index is 318. The third-order valence-corrected chi connectivity index (χ3v) is 1.31. The molecular formula is C7H5F3N2O. The molecule has 0 aliphatic rings. The van der Waals surface area contributed by atoms with Gasteiger partial charge in [-0.3, -0.25) is 4.79 Å². The predicted octanol–water partition coefficient (Wildman–Crippen LogP) is 1.70. The lowest BCUT2D eigenvalue weighted by Crippen LogP contribution is -2.11. The average Bonchev–Trinajstić information content (AvgIpc) is 2.03. The van der Waals surface area contributed by atoms with Crippen LogP contribution >= 0.6 is 0 Å². The van der Waals surface area contributed by atoms with Gasteiger partial charge in [-0.25, -0.2) is 9.97 Å². The van der Waals surface area contributed by atoms with Crippen molar-refractivity contribution in [2.45, 2.75) is 13.1 Å². The number of aromatic nitrogens is 2. The zero-order valence-corrected chi connectivity index (χ0v) is 6.59. The molecule has 1 heterocycles. The van der Waals surface area contributed by atoms with Crippen LogP contribution in [0, 0.1) is 0 Å². The van der Waals surface area contributed by atoms with Gasteiger partial charge in [0.05, 0.1) is 5.56 Å². The van der Waals surface area contributed by atoms with E-state index in [4.69, 9.17) is 0 Å². The van der Waals surface area contributed by atoms with E-state index in [0.717, 1.165) is 12.4 Å². The molecule has 0 amide bonds. The molecule has 0 atom stereocenters. The summed E-state index contributed by atoms with van der Waals surface area (Å²) in [6, 6.07) is 0. The van der Waals surface area contributed by atoms with E-state index in [-0.39, 0.29) is 11.3 Å². The summed E-state index contributed by atoms with van der Waals surface area (Å²) >= 11 is 0. The molecule has 0 bridgehead atoms. The second-order valence-corrected chi connectivity index (χ2v) is 2.35. The molecular weight excluding hydrogens is 185 g/mol. The van der Waals surface area contributed by atoms with Gasteiger partial charge in [0.1, 0.15) is 0 Å². The van der Waals surface area contributed by atoms with Crippen molar-refractivity contribution in [1.82, 2.24) is 9.97 Å². The first-order valence-corrected chi connectivity index (χ1v) is 3.31. The smallest absolute Gasteiger partial charge is 0.294 e. The predicted molar refractivity (Wildman–Crippen MR) is 37.0 cm³/mol. The number of rotatable bonds is 1. The molecule has 0 N–H and O–H groups in total. The molecule has 1 aromatic heterocycles. The van der Waals surface area contributed by atoms with Crippen LogP contribution < -0.4 is 0 Å². The van der Waals surface area contributed by atoms with Crippen molar-refractivity contribution in [3.05, 3.63) is 23.8 Å². The largest absolute Gasteiger partial charge is 0.451 e. The molecule has 0 spiro atoms. The van der Waals surface area contributed by atoms with Gasteiger partial charge in [-0.2, -0.15) is 13.2 Å². The number of carbonyl (C=O) groups is 1. The number of carbonyl (C=O) groups excluding carboxylic acids is 1. The molecule has 0 aromatic carbocycles. The maximum absolute atomic E-state index is 11.9. The topological polar surface area (TPSA) is 42.9 Å². The number of halogens is 3. The lowest BCUT2D eigenvalue weighted by molar-refractivity contribution is -0.145. The van der Waals surface area contributed by atoms with Crippen molar-refractivity contribution < 1.29 is 18.0 Å². The lowest BCUT2D eigenvalue weighted by Gasteiger charge is -2.03. The Morgan fingerprint density at radius 2 is 1.77 bits per heavy atom. The van der Waals surface area contributed by atoms with E-state index >= 15 is 0 Å². The number of hydrogen-bond acceptors (Lipinski definition) is 3. The van der Waals surface area contributed by atoms with Gasteiger partial charge >= 0.3 is 6.18 Å². The lowest BCUT2D eigenvalue weighted by atomic mass is 10.2. The van der Waals surface area contributed by atoms with Gasteiger partial charge in [-0.15, -0.1) is 0 Å². The molecule has 0 aliphatic carbocycles. The summed E-state index contributed by atoms with van der Waals surface area (Å²) in [4.78, 5) is 16.7. The Labute approximate surface area is 71.6 Å². The molecule has 6 heteroatoms. The molecule has 3 nitrogen and oxygen atoms in total. The number of hydrogen-bond donors (Lipinski definition) is 0. The van der Waals surface area contributed by atoms with Gasteiger partial charge in [0.25, 0.3) is 0 Å². The minimum Gasteiger partial charge on any atom is -0.294 e. The van der Waals surface area contributed by atoms with Crippen molar-refractivity contribution >= 4 is 5.78 Å². The van der Waals surface area contributed by atoms with Gasteiger partial charge in [0.15, 0.2) is 5.78 Å². The van der Waals surface area contributed by atoms with Crippen LogP contribution in [0.3, 0.4) is 0 Å². The highest BCUT2D eigenvalue weighted by Crippen LogP contribution is 2.25. The normalized spacial score (nSPS) is 11.4. The highest BCUT2D eigenvalue weighted by atomic mass is 19.4. The van der Waals surface area contributed by atoms with Crippen LogP contribution in [0.4, 0.5) is 13.2 Å². The molecule has 0 fully saturated rings. The standard InChI is InChI=1S/C7H5F3N2O/c1-4(13)5-2-11-6(12-3-5)7(8,9)10/h2-3H,1H3. The summed E-state index contributed by atoms with van der Waals surface area (Å²) < 4.78 is 35.7. The van der Waals surface area contributed by atoms with E-state index in [1.165, 1.54) is 6.92 Å². The summed E-state index contributed by atoms with van der Waals surface area (Å²) in [5.74, 6) is -1.61. The van der Waals surface area contributed by atoms with Crippen molar-refractivity contribution in [1.29, 1.82) is 0 Å². The van der Waals surface area contributed by atoms with E-state index in [0.29, 0.717) is 0 Å². The first kappa shape index (κ1) is 9.63. The van der Waals surface area contributed by atoms with Crippen LogP contribution in [0.25, 0.3) is 0 Å². The molecule has 0 radical (unpaired) electrons. The van der Waals surface area contributed by atoms with Crippen LogP contribution in [0.1, 0.15) is 23.1 Å². The summed E-state index contributed by atoms with van der Waals surface area (Å²) in [7, 11) is 0. The Morgan fingerprint density at radius 3 is 2.08 bits per heavy atom. The van der Waals surface area contributed by atoms with Crippen LogP contribution in [-0.4, -0.2) is 15.8 Å². The zero-order valence-electron chi connectivity index (χ0n) is 6.59. The van der Waals surface area contributed by atoms with E-state index in [9.17, 15) is 18.0 Å². The van der Waals surface area contributed by atoms with Crippen molar-refractivity contribution in [3.8, 4) is 0 Å². The fraction of sp³-hybridized carbons (Fsp3) is 0.286. The van der Waals surface area contributed by atoms with E-state index in [1.807, 2.05) is 0 Å². The third kappa shape index (κ3) is 2.24. The SMILES string of the molecule is CC(=O)c1cnc(C(F)(F)F)nc1. The van der Waals surface area contributed by atoms with Crippen molar-refractivity contribution in [2.24, 2.45) is 0 Å². The van der Waals surface area contributed by atoms with Gasteiger partial charge in [0.2, 0.25) is 5.82 Å². The van der Waals surface area contributed by atoms with Crippen LogP contribution in [0.2, 0.25) is 0 Å². The summed E-state index contributed by atoms with van der Waals surface area (Å²) in [5, 5.41) is 0.